The number of benzene rings is 1. The monoisotopic (exact) mass is 221 g/mol. The molecule has 85 valence electrons. The van der Waals surface area contributed by atoms with Gasteiger partial charge in [0.25, 0.3) is 0 Å². The van der Waals surface area contributed by atoms with E-state index in [1.54, 1.807) is 0 Å². The molecule has 2 rings (SSSR count). The fourth-order valence-corrected chi connectivity index (χ4v) is 1.97. The number of hydrogen-bond donors (Lipinski definition) is 1. The fourth-order valence-electron chi connectivity index (χ4n) is 1.97. The van der Waals surface area contributed by atoms with Gasteiger partial charge in [-0.1, -0.05) is 0 Å². The maximum absolute atomic E-state index is 12.7. The molecule has 1 heterocycles. The molecule has 0 bridgehead atoms. The summed E-state index contributed by atoms with van der Waals surface area (Å²) in [4.78, 5) is 12.0. The standard InChI is InChI=1S/C12H14FN2O/c13-10-3-1-8(2-4-10)12(16)9-5-6-15-11(14)7-9/h1-4,9,11H,5-7,14H2. The van der Waals surface area contributed by atoms with Crippen LogP contribution in [-0.4, -0.2) is 18.5 Å². The van der Waals surface area contributed by atoms with E-state index in [4.69, 9.17) is 5.73 Å². The second kappa shape index (κ2) is 4.72. The molecule has 3 nitrogen and oxygen atoms in total. The quantitative estimate of drug-likeness (QED) is 0.765. The summed E-state index contributed by atoms with van der Waals surface area (Å²) in [5.41, 5.74) is 6.24. The van der Waals surface area contributed by atoms with E-state index >= 15 is 0 Å². The van der Waals surface area contributed by atoms with Crippen LogP contribution < -0.4 is 11.1 Å². The minimum absolute atomic E-state index is 0.0466. The highest BCUT2D eigenvalue weighted by atomic mass is 19.1. The molecule has 1 radical (unpaired) electrons. The Morgan fingerprint density at radius 2 is 2.06 bits per heavy atom. The van der Waals surface area contributed by atoms with Gasteiger partial charge in [0.05, 0.1) is 6.17 Å². The predicted octanol–water partition coefficient (Wildman–Crippen LogP) is 1.31. The van der Waals surface area contributed by atoms with Crippen LogP contribution in [0.1, 0.15) is 23.2 Å². The first-order valence-electron chi connectivity index (χ1n) is 5.39. The molecule has 0 amide bonds. The summed E-state index contributed by atoms with van der Waals surface area (Å²) in [5.74, 6) is -0.352. The lowest BCUT2D eigenvalue weighted by atomic mass is 9.88. The summed E-state index contributed by atoms with van der Waals surface area (Å²) >= 11 is 0. The number of carbonyl (C=O) groups is 1. The van der Waals surface area contributed by atoms with Gasteiger partial charge in [0, 0.05) is 18.0 Å². The highest BCUT2D eigenvalue weighted by Crippen LogP contribution is 2.20. The summed E-state index contributed by atoms with van der Waals surface area (Å²) in [5, 5.41) is 4.14. The van der Waals surface area contributed by atoms with E-state index in [1.807, 2.05) is 0 Å². The molecular weight excluding hydrogens is 207 g/mol. The van der Waals surface area contributed by atoms with E-state index in [0.29, 0.717) is 18.5 Å². The Labute approximate surface area is 93.8 Å². The molecule has 2 atom stereocenters. The van der Waals surface area contributed by atoms with Gasteiger partial charge in [-0.15, -0.1) is 0 Å². The largest absolute Gasteiger partial charge is 0.315 e. The van der Waals surface area contributed by atoms with Crippen molar-refractivity contribution in [2.24, 2.45) is 11.7 Å². The topological polar surface area (TPSA) is 57.2 Å². The lowest BCUT2D eigenvalue weighted by Gasteiger charge is -2.25. The molecule has 2 unspecified atom stereocenters. The van der Waals surface area contributed by atoms with E-state index in [-0.39, 0.29) is 23.7 Å². The molecule has 0 spiro atoms. The second-order valence-electron chi connectivity index (χ2n) is 4.07. The third-order valence-corrected chi connectivity index (χ3v) is 2.87. The maximum Gasteiger partial charge on any atom is 0.166 e. The number of carbonyl (C=O) groups excluding carboxylic acids is 1. The van der Waals surface area contributed by atoms with Crippen LogP contribution in [-0.2, 0) is 0 Å². The highest BCUT2D eigenvalue weighted by Gasteiger charge is 2.26. The smallest absolute Gasteiger partial charge is 0.166 e. The van der Waals surface area contributed by atoms with Crippen LogP contribution in [0.5, 0.6) is 0 Å². The van der Waals surface area contributed by atoms with E-state index in [1.165, 1.54) is 24.3 Å². The molecule has 1 aliphatic rings. The number of hydrogen-bond acceptors (Lipinski definition) is 2. The van der Waals surface area contributed by atoms with E-state index < -0.39 is 0 Å². The minimum Gasteiger partial charge on any atom is -0.315 e. The van der Waals surface area contributed by atoms with Crippen molar-refractivity contribution in [2.75, 3.05) is 6.54 Å². The lowest BCUT2D eigenvalue weighted by molar-refractivity contribution is 0.0878. The molecule has 1 fully saturated rings. The number of piperidine rings is 1. The summed E-state index contributed by atoms with van der Waals surface area (Å²) in [6.07, 6.45) is 1.10. The molecule has 0 aliphatic carbocycles. The Hall–Kier alpha value is -1.26. The van der Waals surface area contributed by atoms with Gasteiger partial charge in [-0.05, 0) is 37.1 Å². The third-order valence-electron chi connectivity index (χ3n) is 2.87. The van der Waals surface area contributed by atoms with Crippen molar-refractivity contribution >= 4 is 5.78 Å². The van der Waals surface area contributed by atoms with Gasteiger partial charge in [-0.2, -0.15) is 0 Å². The van der Waals surface area contributed by atoms with Crippen molar-refractivity contribution in [3.63, 3.8) is 0 Å². The number of nitrogens with zero attached hydrogens (tertiary/aromatic N) is 1. The Kier molecular flexibility index (Phi) is 3.31. The third kappa shape index (κ3) is 2.46. The summed E-state index contributed by atoms with van der Waals surface area (Å²) in [6.45, 7) is 0.638. The Balaban J connectivity index is 2.09. The predicted molar refractivity (Wildman–Crippen MR) is 58.4 cm³/mol. The van der Waals surface area contributed by atoms with E-state index in [2.05, 4.69) is 5.32 Å². The first-order valence-corrected chi connectivity index (χ1v) is 5.39. The molecule has 1 aromatic carbocycles. The number of nitrogens with two attached hydrogens (primary N) is 1. The molecular formula is C12H14FN2O. The minimum atomic E-state index is -0.327. The molecule has 1 aliphatic heterocycles. The van der Waals surface area contributed by atoms with Crippen LogP contribution in [0.25, 0.3) is 0 Å². The van der Waals surface area contributed by atoms with Crippen molar-refractivity contribution in [2.45, 2.75) is 19.0 Å². The van der Waals surface area contributed by atoms with Gasteiger partial charge >= 0.3 is 0 Å². The average Bonchev–Trinajstić information content (AvgIpc) is 2.29. The van der Waals surface area contributed by atoms with Gasteiger partial charge in [-0.3, -0.25) is 4.79 Å². The summed E-state index contributed by atoms with van der Waals surface area (Å²) < 4.78 is 12.7. The van der Waals surface area contributed by atoms with Crippen molar-refractivity contribution in [3.8, 4) is 0 Å². The lowest BCUT2D eigenvalue weighted by Crippen LogP contribution is -2.41. The van der Waals surface area contributed by atoms with Crippen LogP contribution in [0, 0.1) is 11.7 Å². The van der Waals surface area contributed by atoms with Crippen molar-refractivity contribution < 1.29 is 9.18 Å². The molecule has 4 heteroatoms. The zero-order chi connectivity index (χ0) is 11.5. The Bertz CT molecular complexity index is 377. The normalized spacial score (nSPS) is 25.4. The molecule has 1 saturated heterocycles. The molecule has 0 aromatic heterocycles. The Morgan fingerprint density at radius 3 is 2.69 bits per heavy atom. The molecule has 16 heavy (non-hydrogen) atoms. The van der Waals surface area contributed by atoms with E-state index in [9.17, 15) is 9.18 Å². The first-order chi connectivity index (χ1) is 7.66. The second-order valence-corrected chi connectivity index (χ2v) is 4.07. The average molecular weight is 221 g/mol. The highest BCUT2D eigenvalue weighted by molar-refractivity contribution is 5.97. The zero-order valence-electron chi connectivity index (χ0n) is 8.90. The van der Waals surface area contributed by atoms with Crippen LogP contribution in [0.4, 0.5) is 4.39 Å². The van der Waals surface area contributed by atoms with Crippen LogP contribution in [0.2, 0.25) is 0 Å². The first kappa shape index (κ1) is 11.2. The van der Waals surface area contributed by atoms with Gasteiger partial charge in [0.15, 0.2) is 5.78 Å². The zero-order valence-corrected chi connectivity index (χ0v) is 8.90. The number of Topliss-reactive ketones (excluding diaryl/α,β-unsaturated/α-hetero) is 1. The SMILES string of the molecule is NC1CC(C(=O)c2ccc(F)cc2)CC[N]1. The van der Waals surface area contributed by atoms with Crippen molar-refractivity contribution in [1.29, 1.82) is 0 Å². The fraction of sp³-hybridized carbons (Fsp3) is 0.417. The van der Waals surface area contributed by atoms with E-state index in [0.717, 1.165) is 6.42 Å². The number of halogens is 1. The maximum atomic E-state index is 12.7. The van der Waals surface area contributed by atoms with Crippen molar-refractivity contribution in [3.05, 3.63) is 35.6 Å². The summed E-state index contributed by atoms with van der Waals surface area (Å²) in [6, 6.07) is 5.66. The molecule has 2 N–H and O–H groups in total. The van der Waals surface area contributed by atoms with Crippen LogP contribution in [0.15, 0.2) is 24.3 Å². The molecule has 0 saturated carbocycles. The van der Waals surface area contributed by atoms with Gasteiger partial charge in [0.2, 0.25) is 0 Å². The van der Waals surface area contributed by atoms with Gasteiger partial charge in [0.1, 0.15) is 5.82 Å². The Morgan fingerprint density at radius 1 is 1.38 bits per heavy atom. The van der Waals surface area contributed by atoms with Gasteiger partial charge in [-0.25, -0.2) is 9.71 Å². The number of ketones is 1. The summed E-state index contributed by atoms with van der Waals surface area (Å²) in [7, 11) is 0. The van der Waals surface area contributed by atoms with Crippen molar-refractivity contribution in [1.82, 2.24) is 5.32 Å². The number of rotatable bonds is 2. The van der Waals surface area contributed by atoms with Crippen LogP contribution in [0.3, 0.4) is 0 Å². The molecule has 1 aromatic rings. The van der Waals surface area contributed by atoms with Gasteiger partial charge < -0.3 is 5.73 Å². The van der Waals surface area contributed by atoms with Crippen LogP contribution >= 0.6 is 0 Å².